The maximum atomic E-state index is 6.05. The van der Waals surface area contributed by atoms with Gasteiger partial charge in [0.15, 0.2) is 10.9 Å². The van der Waals surface area contributed by atoms with E-state index in [1.54, 1.807) is 6.20 Å². The van der Waals surface area contributed by atoms with Gasteiger partial charge in [-0.3, -0.25) is 0 Å². The molecule has 4 nitrogen and oxygen atoms in total. The van der Waals surface area contributed by atoms with Crippen LogP contribution < -0.4 is 9.64 Å². The number of hydrogen-bond acceptors (Lipinski definition) is 4. The van der Waals surface area contributed by atoms with E-state index in [0.29, 0.717) is 10.9 Å². The van der Waals surface area contributed by atoms with Crippen LogP contribution in [0.2, 0.25) is 5.15 Å². The highest BCUT2D eigenvalue weighted by atomic mass is 35.5. The minimum atomic E-state index is 0.289. The zero-order chi connectivity index (χ0) is 11.9. The lowest BCUT2D eigenvalue weighted by atomic mass is 9.87. The van der Waals surface area contributed by atoms with Crippen molar-refractivity contribution in [2.24, 2.45) is 5.41 Å². The molecule has 1 saturated carbocycles. The average Bonchev–Trinajstić information content (AvgIpc) is 2.70. The summed E-state index contributed by atoms with van der Waals surface area (Å²) in [5, 5.41) is 8.11. The Labute approximate surface area is 106 Å². The van der Waals surface area contributed by atoms with Crippen molar-refractivity contribution < 1.29 is 4.74 Å². The normalized spacial score (nSPS) is 22.1. The number of fused-ring (bicyclic) bond motifs is 1. The molecule has 2 heterocycles. The van der Waals surface area contributed by atoms with Crippen LogP contribution in [0.5, 0.6) is 5.75 Å². The van der Waals surface area contributed by atoms with Crippen LogP contribution in [0.1, 0.15) is 25.7 Å². The molecule has 5 heteroatoms. The monoisotopic (exact) mass is 253 g/mol. The number of aromatic nitrogens is 2. The number of rotatable bonds is 0. The molecule has 2 aliphatic rings. The first kappa shape index (κ1) is 11.1. The molecular formula is C12H16ClN3O. The zero-order valence-electron chi connectivity index (χ0n) is 9.95. The summed E-state index contributed by atoms with van der Waals surface area (Å²) in [4.78, 5) is 2.20. The van der Waals surface area contributed by atoms with E-state index in [1.165, 1.54) is 25.7 Å². The number of nitrogens with zero attached hydrogens (tertiary/aromatic N) is 3. The number of ether oxygens (including phenoxy) is 1. The fourth-order valence-corrected chi connectivity index (χ4v) is 3.23. The van der Waals surface area contributed by atoms with E-state index in [-0.39, 0.29) is 5.41 Å². The van der Waals surface area contributed by atoms with Crippen molar-refractivity contribution in [3.63, 3.8) is 0 Å². The summed E-state index contributed by atoms with van der Waals surface area (Å²) in [6.07, 6.45) is 6.82. The molecular weight excluding hydrogens is 238 g/mol. The van der Waals surface area contributed by atoms with Gasteiger partial charge in [0.2, 0.25) is 0 Å². The second kappa shape index (κ2) is 4.02. The first-order chi connectivity index (χ1) is 8.20. The molecule has 0 aromatic carbocycles. The maximum absolute atomic E-state index is 6.05. The molecule has 0 amide bonds. The Balaban J connectivity index is 1.97. The van der Waals surface area contributed by atoms with Gasteiger partial charge in [0.1, 0.15) is 5.69 Å². The number of anilines is 1. The standard InChI is InChI=1S/C12H16ClN3O/c1-16-7-12(4-2-3-5-12)8-17-10-9(16)6-14-15-11(10)13/h6H,2-5,7-8H2,1H3. The second-order valence-electron chi connectivity index (χ2n) is 5.20. The summed E-state index contributed by atoms with van der Waals surface area (Å²) < 4.78 is 5.91. The lowest BCUT2D eigenvalue weighted by molar-refractivity contribution is 0.165. The minimum absolute atomic E-state index is 0.289. The molecule has 1 fully saturated rings. The SMILES string of the molecule is CN1CC2(CCCC2)COc2c1cnnc2Cl. The molecule has 3 rings (SSSR count). The first-order valence-corrected chi connectivity index (χ1v) is 6.43. The Morgan fingerprint density at radius 3 is 2.94 bits per heavy atom. The lowest BCUT2D eigenvalue weighted by Crippen LogP contribution is -2.35. The Bertz CT molecular complexity index is 432. The molecule has 1 aromatic heterocycles. The van der Waals surface area contributed by atoms with Crippen LogP contribution in [-0.4, -0.2) is 30.4 Å². The van der Waals surface area contributed by atoms with Gasteiger partial charge in [0, 0.05) is 19.0 Å². The molecule has 0 saturated heterocycles. The number of hydrogen-bond donors (Lipinski definition) is 0. The van der Waals surface area contributed by atoms with E-state index in [4.69, 9.17) is 16.3 Å². The summed E-state index contributed by atoms with van der Waals surface area (Å²) in [5.41, 5.74) is 1.24. The average molecular weight is 254 g/mol. The van der Waals surface area contributed by atoms with Crippen molar-refractivity contribution in [2.75, 3.05) is 25.1 Å². The molecule has 1 spiro atoms. The quantitative estimate of drug-likeness (QED) is 0.712. The Morgan fingerprint density at radius 1 is 1.41 bits per heavy atom. The van der Waals surface area contributed by atoms with Crippen LogP contribution in [0.15, 0.2) is 6.20 Å². The molecule has 0 unspecified atom stereocenters. The summed E-state index contributed by atoms with van der Waals surface area (Å²) in [6, 6.07) is 0. The van der Waals surface area contributed by atoms with E-state index in [9.17, 15) is 0 Å². The summed E-state index contributed by atoms with van der Waals surface area (Å²) in [5.74, 6) is 0.688. The summed E-state index contributed by atoms with van der Waals surface area (Å²) >= 11 is 6.05. The highest BCUT2D eigenvalue weighted by molar-refractivity contribution is 6.31. The lowest BCUT2D eigenvalue weighted by Gasteiger charge is -2.30. The van der Waals surface area contributed by atoms with Gasteiger partial charge < -0.3 is 9.64 Å². The smallest absolute Gasteiger partial charge is 0.195 e. The predicted molar refractivity (Wildman–Crippen MR) is 66.7 cm³/mol. The van der Waals surface area contributed by atoms with E-state index in [0.717, 1.165) is 18.8 Å². The van der Waals surface area contributed by atoms with Gasteiger partial charge in [-0.15, -0.1) is 5.10 Å². The molecule has 1 aliphatic carbocycles. The van der Waals surface area contributed by atoms with E-state index >= 15 is 0 Å². The van der Waals surface area contributed by atoms with Crippen molar-refractivity contribution in [3.05, 3.63) is 11.3 Å². The topological polar surface area (TPSA) is 38.2 Å². The molecule has 1 aliphatic heterocycles. The number of halogens is 1. The Hall–Kier alpha value is -1.03. The summed E-state index contributed by atoms with van der Waals surface area (Å²) in [6.45, 7) is 1.76. The van der Waals surface area contributed by atoms with Gasteiger partial charge in [-0.05, 0) is 12.8 Å². The van der Waals surface area contributed by atoms with Gasteiger partial charge in [-0.1, -0.05) is 24.4 Å². The second-order valence-corrected chi connectivity index (χ2v) is 5.56. The molecule has 0 atom stereocenters. The third-order valence-electron chi connectivity index (χ3n) is 3.92. The summed E-state index contributed by atoms with van der Waals surface area (Å²) in [7, 11) is 2.07. The van der Waals surface area contributed by atoms with Crippen molar-refractivity contribution in [1.29, 1.82) is 0 Å². The van der Waals surface area contributed by atoms with Gasteiger partial charge in [-0.2, -0.15) is 5.10 Å². The van der Waals surface area contributed by atoms with E-state index in [2.05, 4.69) is 22.1 Å². The van der Waals surface area contributed by atoms with Crippen LogP contribution in [0.3, 0.4) is 0 Å². The van der Waals surface area contributed by atoms with Crippen LogP contribution in [0, 0.1) is 5.41 Å². The van der Waals surface area contributed by atoms with Gasteiger partial charge in [0.25, 0.3) is 0 Å². The first-order valence-electron chi connectivity index (χ1n) is 6.05. The fourth-order valence-electron chi connectivity index (χ4n) is 3.04. The third-order valence-corrected chi connectivity index (χ3v) is 4.16. The minimum Gasteiger partial charge on any atom is -0.487 e. The Kier molecular flexibility index (Phi) is 2.62. The fraction of sp³-hybridized carbons (Fsp3) is 0.667. The van der Waals surface area contributed by atoms with Gasteiger partial charge in [0.05, 0.1) is 12.8 Å². The molecule has 0 bridgehead atoms. The van der Waals surface area contributed by atoms with Crippen molar-refractivity contribution in [1.82, 2.24) is 10.2 Å². The molecule has 1 aromatic rings. The van der Waals surface area contributed by atoms with Crippen LogP contribution in [-0.2, 0) is 0 Å². The predicted octanol–water partition coefficient (Wildman–Crippen LogP) is 2.52. The molecule has 0 N–H and O–H groups in total. The van der Waals surface area contributed by atoms with Crippen molar-refractivity contribution in [3.8, 4) is 5.75 Å². The van der Waals surface area contributed by atoms with Gasteiger partial charge >= 0.3 is 0 Å². The Morgan fingerprint density at radius 2 is 2.18 bits per heavy atom. The highest BCUT2D eigenvalue weighted by Gasteiger charge is 2.39. The maximum Gasteiger partial charge on any atom is 0.195 e. The van der Waals surface area contributed by atoms with Gasteiger partial charge in [-0.25, -0.2) is 0 Å². The molecule has 17 heavy (non-hydrogen) atoms. The van der Waals surface area contributed by atoms with Crippen LogP contribution in [0.4, 0.5) is 5.69 Å². The molecule has 0 radical (unpaired) electrons. The highest BCUT2D eigenvalue weighted by Crippen LogP contribution is 2.44. The molecule has 92 valence electrons. The van der Waals surface area contributed by atoms with Crippen molar-refractivity contribution >= 4 is 17.3 Å². The third kappa shape index (κ3) is 1.84. The van der Waals surface area contributed by atoms with Crippen molar-refractivity contribution in [2.45, 2.75) is 25.7 Å². The largest absolute Gasteiger partial charge is 0.487 e. The van der Waals surface area contributed by atoms with E-state index < -0.39 is 0 Å². The van der Waals surface area contributed by atoms with Crippen LogP contribution in [0.25, 0.3) is 0 Å². The zero-order valence-corrected chi connectivity index (χ0v) is 10.7. The van der Waals surface area contributed by atoms with Crippen LogP contribution >= 0.6 is 11.6 Å². The van der Waals surface area contributed by atoms with E-state index in [1.807, 2.05) is 0 Å².